The van der Waals surface area contributed by atoms with E-state index in [1.807, 2.05) is 6.92 Å². The first-order chi connectivity index (χ1) is 20.3. The Bertz CT molecular complexity index is 1110. The summed E-state index contributed by atoms with van der Waals surface area (Å²) in [5.74, 6) is 2.05. The van der Waals surface area contributed by atoms with Gasteiger partial charge in [-0.3, -0.25) is 9.59 Å². The van der Waals surface area contributed by atoms with Crippen LogP contribution in [0, 0.1) is 21.3 Å². The van der Waals surface area contributed by atoms with Crippen LogP contribution in [-0.4, -0.2) is 90.3 Å². The number of hydrogen-bond donors (Lipinski definition) is 4. The van der Waals surface area contributed by atoms with E-state index in [1.165, 1.54) is 26.4 Å². The van der Waals surface area contributed by atoms with Gasteiger partial charge in [0.1, 0.15) is 12.2 Å². The van der Waals surface area contributed by atoms with Gasteiger partial charge in [0, 0.05) is 44.7 Å². The summed E-state index contributed by atoms with van der Waals surface area (Å²) in [5.41, 5.74) is 1.03. The molecule has 0 heterocycles. The fourth-order valence-corrected chi connectivity index (χ4v) is 7.61. The van der Waals surface area contributed by atoms with Crippen molar-refractivity contribution >= 4 is 34.4 Å². The molecule has 11 heteroatoms. The molecule has 4 N–H and O–H groups in total. The zero-order valence-electron chi connectivity index (χ0n) is 24.6. The Balaban J connectivity index is 1.63. The molecule has 42 heavy (non-hydrogen) atoms. The minimum absolute atomic E-state index is 0.0108. The van der Waals surface area contributed by atoms with E-state index >= 15 is 0 Å². The van der Waals surface area contributed by atoms with Gasteiger partial charge in [-0.1, -0.05) is 6.42 Å². The molecule has 6 atom stereocenters. The number of nitrogens with zero attached hydrogens (tertiary/aromatic N) is 1. The van der Waals surface area contributed by atoms with Gasteiger partial charge in [-0.25, -0.2) is 0 Å². The van der Waals surface area contributed by atoms with Crippen molar-refractivity contribution in [2.24, 2.45) is 17.8 Å². The van der Waals surface area contributed by atoms with E-state index in [9.17, 15) is 24.9 Å². The molecule has 0 radical (unpaired) electrons. The summed E-state index contributed by atoms with van der Waals surface area (Å²) in [6, 6.07) is 2.74. The van der Waals surface area contributed by atoms with Gasteiger partial charge >= 0.3 is 0 Å². The number of methoxy groups -OCH3 is 1. The number of carbonyl (C=O) groups excluding carboxylic acids is 2. The molecule has 10 nitrogen and oxygen atoms in total. The van der Waals surface area contributed by atoms with Crippen molar-refractivity contribution in [3.8, 4) is 11.5 Å². The third-order valence-electron chi connectivity index (χ3n) is 8.87. The fourth-order valence-electron chi connectivity index (χ4n) is 6.82. The van der Waals surface area contributed by atoms with Crippen molar-refractivity contribution in [3.63, 3.8) is 0 Å². The predicted octanol–water partition coefficient (Wildman–Crippen LogP) is 2.79. The number of halogens is 1. The molecule has 4 rings (SSSR count). The third-order valence-corrected chi connectivity index (χ3v) is 9.68. The maximum absolute atomic E-state index is 14.0. The highest BCUT2D eigenvalue weighted by Gasteiger charge is 2.44. The second-order valence-electron chi connectivity index (χ2n) is 11.6. The van der Waals surface area contributed by atoms with Crippen LogP contribution < -0.4 is 14.8 Å². The summed E-state index contributed by atoms with van der Waals surface area (Å²) < 4.78 is 18.1. The largest absolute Gasteiger partial charge is 0.493 e. The van der Waals surface area contributed by atoms with Crippen molar-refractivity contribution in [2.45, 2.75) is 76.7 Å². The molecule has 0 saturated heterocycles. The zero-order valence-corrected chi connectivity index (χ0v) is 26.8. The number of fused-ring (bicyclic) bond motifs is 2. The second-order valence-corrected chi connectivity index (χ2v) is 12.7. The highest BCUT2D eigenvalue weighted by Crippen LogP contribution is 2.50. The molecule has 3 aliphatic rings. The minimum atomic E-state index is -1.12. The average molecular weight is 701 g/mol. The van der Waals surface area contributed by atoms with Crippen LogP contribution in [0.4, 0.5) is 0 Å². The highest BCUT2D eigenvalue weighted by molar-refractivity contribution is 14.1. The maximum Gasteiger partial charge on any atom is 0.247 e. The van der Waals surface area contributed by atoms with Crippen LogP contribution in [0.25, 0.3) is 0 Å². The van der Waals surface area contributed by atoms with Crippen molar-refractivity contribution in [1.29, 1.82) is 0 Å². The van der Waals surface area contributed by atoms with Gasteiger partial charge in [-0.2, -0.15) is 0 Å². The van der Waals surface area contributed by atoms with Crippen LogP contribution >= 0.6 is 22.6 Å². The Morgan fingerprint density at radius 3 is 2.64 bits per heavy atom. The summed E-state index contributed by atoms with van der Waals surface area (Å²) in [7, 11) is 1.50. The second kappa shape index (κ2) is 15.7. The monoisotopic (exact) mass is 700 g/mol. The smallest absolute Gasteiger partial charge is 0.247 e. The molecule has 2 saturated carbocycles. The van der Waals surface area contributed by atoms with E-state index in [0.717, 1.165) is 12.3 Å². The zero-order chi connectivity index (χ0) is 30.2. The Morgan fingerprint density at radius 1 is 1.19 bits per heavy atom. The quantitative estimate of drug-likeness (QED) is 0.162. The summed E-state index contributed by atoms with van der Waals surface area (Å²) in [5, 5.41) is 33.4. The molecule has 0 spiro atoms. The van der Waals surface area contributed by atoms with Crippen LogP contribution in [0.1, 0.15) is 57.4 Å². The summed E-state index contributed by atoms with van der Waals surface area (Å²) in [6.07, 6.45) is 5.46. The Hall–Kier alpha value is -1.93. The number of amides is 2. The molecule has 2 bridgehead atoms. The van der Waals surface area contributed by atoms with Crippen LogP contribution in [0.5, 0.6) is 11.5 Å². The summed E-state index contributed by atoms with van der Waals surface area (Å²) in [4.78, 5) is 28.8. The number of aliphatic hydroxyl groups excluding tert-OH is 3. The van der Waals surface area contributed by atoms with Gasteiger partial charge in [0.25, 0.3) is 0 Å². The van der Waals surface area contributed by atoms with Crippen molar-refractivity contribution in [3.05, 3.63) is 32.9 Å². The lowest BCUT2D eigenvalue weighted by Gasteiger charge is -2.41. The molecule has 1 aromatic rings. The van der Waals surface area contributed by atoms with E-state index in [4.69, 9.17) is 14.2 Å². The summed E-state index contributed by atoms with van der Waals surface area (Å²) in [6.45, 7) is 3.10. The molecule has 6 unspecified atom stereocenters. The third kappa shape index (κ3) is 7.96. The number of benzene rings is 1. The van der Waals surface area contributed by atoms with E-state index in [0.29, 0.717) is 70.6 Å². The number of nitrogens with one attached hydrogen (secondary N) is 1. The number of rotatable bonds is 15. The van der Waals surface area contributed by atoms with Crippen molar-refractivity contribution < 1.29 is 39.1 Å². The van der Waals surface area contributed by atoms with Gasteiger partial charge in [0.15, 0.2) is 11.5 Å². The SMILES string of the molecule is CCOCCCN(C(=O)CC1CC2CCC1C2)C1CC(C(=O)NCCO)=CC(Oc2c(I)cc(CO)cc2OC)C1O. The Labute approximate surface area is 261 Å². The molecule has 2 fully saturated rings. The van der Waals surface area contributed by atoms with Crippen molar-refractivity contribution in [1.82, 2.24) is 10.2 Å². The fraction of sp³-hybridized carbons (Fsp3) is 0.677. The van der Waals surface area contributed by atoms with E-state index in [1.54, 1.807) is 23.1 Å². The molecule has 1 aromatic carbocycles. The number of aliphatic hydroxyl groups is 3. The van der Waals surface area contributed by atoms with Gasteiger partial charge in [0.05, 0.1) is 29.9 Å². The Kier molecular flexibility index (Phi) is 12.3. The maximum atomic E-state index is 14.0. The minimum Gasteiger partial charge on any atom is -0.493 e. The van der Waals surface area contributed by atoms with Gasteiger partial charge in [-0.15, -0.1) is 0 Å². The number of ether oxygens (including phenoxy) is 3. The molecular weight excluding hydrogens is 655 g/mol. The molecule has 0 aromatic heterocycles. The Morgan fingerprint density at radius 2 is 2.00 bits per heavy atom. The molecule has 3 aliphatic carbocycles. The number of hydrogen-bond acceptors (Lipinski definition) is 8. The van der Waals surface area contributed by atoms with Gasteiger partial charge in [-0.05, 0) is 96.7 Å². The van der Waals surface area contributed by atoms with E-state index in [2.05, 4.69) is 27.9 Å². The number of carbonyl (C=O) groups is 2. The first kappa shape index (κ1) is 33.0. The highest BCUT2D eigenvalue weighted by atomic mass is 127. The lowest BCUT2D eigenvalue weighted by Crippen LogP contribution is -2.55. The topological polar surface area (TPSA) is 138 Å². The van der Waals surface area contributed by atoms with Crippen LogP contribution in [0.15, 0.2) is 23.8 Å². The first-order valence-electron chi connectivity index (χ1n) is 15.1. The van der Waals surface area contributed by atoms with Gasteiger partial charge < -0.3 is 39.7 Å². The van der Waals surface area contributed by atoms with Crippen LogP contribution in [0.2, 0.25) is 0 Å². The van der Waals surface area contributed by atoms with E-state index in [-0.39, 0.29) is 38.0 Å². The van der Waals surface area contributed by atoms with Crippen molar-refractivity contribution in [2.75, 3.05) is 40.0 Å². The average Bonchev–Trinajstić information content (AvgIpc) is 3.61. The summed E-state index contributed by atoms with van der Waals surface area (Å²) >= 11 is 2.09. The first-order valence-corrected chi connectivity index (χ1v) is 16.2. The molecular formula is C31H45IN2O8. The molecule has 234 valence electrons. The lowest BCUT2D eigenvalue weighted by atomic mass is 9.84. The van der Waals surface area contributed by atoms with E-state index < -0.39 is 18.2 Å². The standard InChI is InChI=1S/C31H45IN2O8/c1-3-41-10-4-8-34(28(37)17-22-12-19-5-6-21(22)11-19)25-15-23(31(39)33-7-9-35)16-26(29(25)38)42-30-24(32)13-20(18-36)14-27(30)40-2/h13-14,16,19,21-22,25-26,29,35-36,38H,3-12,15,17-18H2,1-2H3,(H,33,39). The van der Waals surface area contributed by atoms with Gasteiger partial charge in [0.2, 0.25) is 11.8 Å². The van der Waals surface area contributed by atoms with Crippen LogP contribution in [-0.2, 0) is 20.9 Å². The predicted molar refractivity (Wildman–Crippen MR) is 165 cm³/mol. The lowest BCUT2D eigenvalue weighted by molar-refractivity contribution is -0.140. The molecule has 2 amide bonds. The van der Waals surface area contributed by atoms with Crippen LogP contribution in [0.3, 0.4) is 0 Å². The normalized spacial score (nSPS) is 26.6. The molecule has 0 aliphatic heterocycles.